The fourth-order valence-electron chi connectivity index (χ4n) is 3.14. The Bertz CT molecular complexity index is 467. The molecule has 1 aromatic rings. The maximum atomic E-state index is 12.2. The molecular weight excluding hydrogens is 264 g/mol. The summed E-state index contributed by atoms with van der Waals surface area (Å²) in [4.78, 5) is 20.0. The van der Waals surface area contributed by atoms with Gasteiger partial charge in [0.25, 0.3) is 0 Å². The third-order valence-corrected chi connectivity index (χ3v) is 4.27. The van der Waals surface area contributed by atoms with Gasteiger partial charge in [0.05, 0.1) is 6.04 Å². The van der Waals surface area contributed by atoms with Crippen LogP contribution >= 0.6 is 11.6 Å². The molecule has 3 rings (SSSR count). The molecule has 2 aliphatic rings. The zero-order valence-corrected chi connectivity index (χ0v) is 11.4. The Labute approximate surface area is 117 Å². The van der Waals surface area contributed by atoms with Gasteiger partial charge in [0, 0.05) is 12.1 Å². The van der Waals surface area contributed by atoms with Crippen LogP contribution in [-0.2, 0) is 4.79 Å². The van der Waals surface area contributed by atoms with E-state index < -0.39 is 0 Å². The Hall–Kier alpha value is -1.20. The standard InChI is InChI=1S/C13H17ClN4O/c14-11-6-12(16-7-15-11)18-13(19)10-5-8-3-1-2-4-9(8)17-10/h6-10,17H,1-5H2,(H,15,16,18,19). The lowest BCUT2D eigenvalue weighted by atomic mass is 9.85. The number of carbonyl (C=O) groups excluding carboxylic acids is 1. The van der Waals surface area contributed by atoms with Gasteiger partial charge < -0.3 is 10.6 Å². The summed E-state index contributed by atoms with van der Waals surface area (Å²) < 4.78 is 0. The number of nitrogens with one attached hydrogen (secondary N) is 2. The normalized spacial score (nSPS) is 29.8. The van der Waals surface area contributed by atoms with Crippen molar-refractivity contribution in [2.45, 2.75) is 44.2 Å². The number of hydrogen-bond acceptors (Lipinski definition) is 4. The molecular formula is C13H17ClN4O. The molecule has 6 heteroatoms. The van der Waals surface area contributed by atoms with Crippen LogP contribution in [0.15, 0.2) is 12.4 Å². The number of rotatable bonds is 2. The number of hydrogen-bond donors (Lipinski definition) is 2. The van der Waals surface area contributed by atoms with Crippen LogP contribution in [0.2, 0.25) is 5.15 Å². The van der Waals surface area contributed by atoms with Gasteiger partial charge in [-0.3, -0.25) is 4.79 Å². The van der Waals surface area contributed by atoms with E-state index in [0.717, 1.165) is 6.42 Å². The van der Waals surface area contributed by atoms with Crippen LogP contribution < -0.4 is 10.6 Å². The predicted molar refractivity (Wildman–Crippen MR) is 73.0 cm³/mol. The van der Waals surface area contributed by atoms with E-state index >= 15 is 0 Å². The summed E-state index contributed by atoms with van der Waals surface area (Å²) in [5, 5.41) is 6.57. The smallest absolute Gasteiger partial charge is 0.242 e. The Kier molecular flexibility index (Phi) is 3.66. The zero-order chi connectivity index (χ0) is 13.2. The van der Waals surface area contributed by atoms with Gasteiger partial charge in [-0.25, -0.2) is 9.97 Å². The highest BCUT2D eigenvalue weighted by Crippen LogP contribution is 2.33. The summed E-state index contributed by atoms with van der Waals surface area (Å²) in [6.07, 6.45) is 7.26. The maximum absolute atomic E-state index is 12.2. The monoisotopic (exact) mass is 280 g/mol. The molecule has 1 aromatic heterocycles. The molecule has 0 spiro atoms. The summed E-state index contributed by atoms with van der Waals surface area (Å²) in [7, 11) is 0. The first kappa shape index (κ1) is 12.8. The van der Waals surface area contributed by atoms with Gasteiger partial charge in [0.15, 0.2) is 0 Å². The minimum atomic E-state index is -0.109. The van der Waals surface area contributed by atoms with Crippen LogP contribution in [-0.4, -0.2) is 28.0 Å². The highest BCUT2D eigenvalue weighted by atomic mass is 35.5. The summed E-state index contributed by atoms with van der Waals surface area (Å²) in [6, 6.07) is 1.96. The molecule has 1 aliphatic carbocycles. The van der Waals surface area contributed by atoms with Crippen molar-refractivity contribution < 1.29 is 4.79 Å². The van der Waals surface area contributed by atoms with E-state index in [1.807, 2.05) is 0 Å². The van der Waals surface area contributed by atoms with Gasteiger partial charge >= 0.3 is 0 Å². The van der Waals surface area contributed by atoms with Crippen molar-refractivity contribution in [1.82, 2.24) is 15.3 Å². The van der Waals surface area contributed by atoms with Crippen LogP contribution in [0, 0.1) is 5.92 Å². The van der Waals surface area contributed by atoms with Crippen molar-refractivity contribution in [3.05, 3.63) is 17.5 Å². The zero-order valence-electron chi connectivity index (χ0n) is 10.6. The van der Waals surface area contributed by atoms with Crippen molar-refractivity contribution in [3.63, 3.8) is 0 Å². The van der Waals surface area contributed by atoms with E-state index in [0.29, 0.717) is 22.9 Å². The molecule has 0 radical (unpaired) electrons. The third kappa shape index (κ3) is 2.87. The minimum absolute atomic E-state index is 0.0239. The van der Waals surface area contributed by atoms with Crippen LogP contribution in [0.25, 0.3) is 0 Å². The number of amides is 1. The second kappa shape index (κ2) is 5.43. The molecule has 1 saturated heterocycles. The fourth-order valence-corrected chi connectivity index (χ4v) is 3.28. The molecule has 19 heavy (non-hydrogen) atoms. The van der Waals surface area contributed by atoms with E-state index in [-0.39, 0.29) is 11.9 Å². The minimum Gasteiger partial charge on any atom is -0.309 e. The summed E-state index contributed by atoms with van der Waals surface area (Å²) in [5.74, 6) is 1.09. The molecule has 3 unspecified atom stereocenters. The molecule has 2 fully saturated rings. The van der Waals surface area contributed by atoms with E-state index in [2.05, 4.69) is 20.6 Å². The van der Waals surface area contributed by atoms with Gasteiger partial charge in [0.1, 0.15) is 17.3 Å². The lowest BCUT2D eigenvalue weighted by Gasteiger charge is -2.24. The first-order chi connectivity index (χ1) is 9.22. The number of anilines is 1. The number of fused-ring (bicyclic) bond motifs is 1. The first-order valence-electron chi connectivity index (χ1n) is 6.77. The van der Waals surface area contributed by atoms with Crippen molar-refractivity contribution in [3.8, 4) is 0 Å². The topological polar surface area (TPSA) is 66.9 Å². The average Bonchev–Trinajstić information content (AvgIpc) is 2.82. The summed E-state index contributed by atoms with van der Waals surface area (Å²) >= 11 is 5.77. The Morgan fingerprint density at radius 3 is 3.00 bits per heavy atom. The number of halogens is 1. The highest BCUT2D eigenvalue weighted by Gasteiger charge is 2.38. The Morgan fingerprint density at radius 1 is 1.37 bits per heavy atom. The summed E-state index contributed by atoms with van der Waals surface area (Å²) in [6.45, 7) is 0. The number of nitrogens with zero attached hydrogens (tertiary/aromatic N) is 2. The second-order valence-electron chi connectivity index (χ2n) is 5.32. The fraction of sp³-hybridized carbons (Fsp3) is 0.615. The first-order valence-corrected chi connectivity index (χ1v) is 7.14. The highest BCUT2D eigenvalue weighted by molar-refractivity contribution is 6.29. The molecule has 1 aliphatic heterocycles. The lowest BCUT2D eigenvalue weighted by Crippen LogP contribution is -2.40. The molecule has 0 bridgehead atoms. The quantitative estimate of drug-likeness (QED) is 0.813. The van der Waals surface area contributed by atoms with Gasteiger partial charge in [0.2, 0.25) is 5.91 Å². The molecule has 2 N–H and O–H groups in total. The average molecular weight is 281 g/mol. The van der Waals surface area contributed by atoms with E-state index in [9.17, 15) is 4.79 Å². The van der Waals surface area contributed by atoms with Gasteiger partial charge in [-0.15, -0.1) is 0 Å². The van der Waals surface area contributed by atoms with Crippen molar-refractivity contribution in [1.29, 1.82) is 0 Å². The van der Waals surface area contributed by atoms with E-state index in [1.54, 1.807) is 6.07 Å². The molecule has 3 atom stereocenters. The number of aromatic nitrogens is 2. The Morgan fingerprint density at radius 2 is 2.21 bits per heavy atom. The van der Waals surface area contributed by atoms with E-state index in [1.165, 1.54) is 32.0 Å². The van der Waals surface area contributed by atoms with Gasteiger partial charge in [-0.05, 0) is 25.2 Å². The van der Waals surface area contributed by atoms with Crippen molar-refractivity contribution in [2.24, 2.45) is 5.92 Å². The number of carbonyl (C=O) groups is 1. The molecule has 1 saturated carbocycles. The second-order valence-corrected chi connectivity index (χ2v) is 5.71. The third-order valence-electron chi connectivity index (χ3n) is 4.06. The largest absolute Gasteiger partial charge is 0.309 e. The maximum Gasteiger partial charge on any atom is 0.242 e. The van der Waals surface area contributed by atoms with Crippen LogP contribution in [0.5, 0.6) is 0 Å². The van der Waals surface area contributed by atoms with Crippen LogP contribution in [0.1, 0.15) is 32.1 Å². The molecule has 5 nitrogen and oxygen atoms in total. The van der Waals surface area contributed by atoms with E-state index in [4.69, 9.17) is 11.6 Å². The van der Waals surface area contributed by atoms with Crippen LogP contribution in [0.3, 0.4) is 0 Å². The van der Waals surface area contributed by atoms with Crippen molar-refractivity contribution >= 4 is 23.3 Å². The molecule has 102 valence electrons. The predicted octanol–water partition coefficient (Wildman–Crippen LogP) is 1.99. The SMILES string of the molecule is O=C(Nc1cc(Cl)ncn1)C1CC2CCCCC2N1. The van der Waals surface area contributed by atoms with Crippen molar-refractivity contribution in [2.75, 3.05) is 5.32 Å². The summed E-state index contributed by atoms with van der Waals surface area (Å²) in [5.41, 5.74) is 0. The molecule has 0 aromatic carbocycles. The van der Waals surface area contributed by atoms with Crippen LogP contribution in [0.4, 0.5) is 5.82 Å². The molecule has 2 heterocycles. The van der Waals surface area contributed by atoms with Gasteiger partial charge in [-0.1, -0.05) is 24.4 Å². The molecule has 1 amide bonds. The van der Waals surface area contributed by atoms with Gasteiger partial charge in [-0.2, -0.15) is 0 Å². The lowest BCUT2D eigenvalue weighted by molar-refractivity contribution is -0.117. The Balaban J connectivity index is 1.62.